The summed E-state index contributed by atoms with van der Waals surface area (Å²) in [5.41, 5.74) is 0.198. The maximum Gasteiger partial charge on any atom is 0.416 e. The average Bonchev–Trinajstić information content (AvgIpc) is 2.93. The molecule has 1 heterocycles. The molecule has 0 aliphatic rings. The maximum absolute atomic E-state index is 13.0. The first-order chi connectivity index (χ1) is 12.6. The number of methoxy groups -OCH3 is 1. The van der Waals surface area contributed by atoms with Gasteiger partial charge < -0.3 is 19.3 Å². The van der Waals surface area contributed by atoms with E-state index in [1.165, 1.54) is 13.2 Å². The van der Waals surface area contributed by atoms with E-state index in [9.17, 15) is 18.0 Å². The van der Waals surface area contributed by atoms with Crippen LogP contribution in [-0.4, -0.2) is 31.4 Å². The van der Waals surface area contributed by atoms with Crippen molar-refractivity contribution in [2.24, 2.45) is 0 Å². The SMILES string of the molecule is COCCOc1ccc(C(F)(F)F)cc1NC(=O)C(C)c1c(C)noc1C. The minimum atomic E-state index is -4.54. The normalized spacial score (nSPS) is 12.7. The molecule has 9 heteroatoms. The molecule has 6 nitrogen and oxygen atoms in total. The van der Waals surface area contributed by atoms with Gasteiger partial charge in [0.25, 0.3) is 0 Å². The number of carbonyl (C=O) groups is 1. The van der Waals surface area contributed by atoms with Gasteiger partial charge in [0.2, 0.25) is 5.91 Å². The van der Waals surface area contributed by atoms with Crippen molar-refractivity contribution in [2.45, 2.75) is 32.9 Å². The van der Waals surface area contributed by atoms with Crippen molar-refractivity contribution in [1.29, 1.82) is 0 Å². The molecule has 1 aromatic carbocycles. The molecule has 1 amide bonds. The van der Waals surface area contributed by atoms with Crippen molar-refractivity contribution in [1.82, 2.24) is 5.16 Å². The molecule has 0 aliphatic heterocycles. The molecular formula is C18H21F3N2O4. The van der Waals surface area contributed by atoms with Gasteiger partial charge in [-0.25, -0.2) is 0 Å². The van der Waals surface area contributed by atoms with Gasteiger partial charge in [0.05, 0.1) is 29.5 Å². The van der Waals surface area contributed by atoms with Crippen LogP contribution >= 0.6 is 0 Å². The summed E-state index contributed by atoms with van der Waals surface area (Å²) >= 11 is 0. The van der Waals surface area contributed by atoms with Gasteiger partial charge in [-0.3, -0.25) is 4.79 Å². The number of hydrogen-bond acceptors (Lipinski definition) is 5. The molecule has 0 bridgehead atoms. The summed E-state index contributed by atoms with van der Waals surface area (Å²) in [6, 6.07) is 2.92. The predicted molar refractivity (Wildman–Crippen MR) is 91.8 cm³/mol. The molecule has 0 fully saturated rings. The van der Waals surface area contributed by atoms with Gasteiger partial charge in [-0.1, -0.05) is 5.16 Å². The molecule has 1 N–H and O–H groups in total. The van der Waals surface area contributed by atoms with Gasteiger partial charge in [0.15, 0.2) is 0 Å². The predicted octanol–water partition coefficient (Wildman–Crippen LogP) is 4.08. The molecule has 1 aromatic heterocycles. The number of halogens is 3. The average molecular weight is 386 g/mol. The van der Waals surface area contributed by atoms with Crippen LogP contribution in [0.4, 0.5) is 18.9 Å². The summed E-state index contributed by atoms with van der Waals surface area (Å²) in [6.45, 7) is 5.37. The number of nitrogens with one attached hydrogen (secondary N) is 1. The van der Waals surface area contributed by atoms with E-state index in [-0.39, 0.29) is 24.7 Å². The van der Waals surface area contributed by atoms with Crippen LogP contribution in [0.15, 0.2) is 22.7 Å². The fourth-order valence-electron chi connectivity index (χ4n) is 2.65. The number of nitrogens with zero attached hydrogens (tertiary/aromatic N) is 1. The first-order valence-corrected chi connectivity index (χ1v) is 8.21. The molecule has 0 radical (unpaired) electrons. The molecule has 27 heavy (non-hydrogen) atoms. The fraction of sp³-hybridized carbons (Fsp3) is 0.444. The zero-order chi connectivity index (χ0) is 20.2. The number of anilines is 1. The lowest BCUT2D eigenvalue weighted by atomic mass is 9.98. The highest BCUT2D eigenvalue weighted by Gasteiger charge is 2.32. The highest BCUT2D eigenvalue weighted by molar-refractivity contribution is 5.97. The first kappa shape index (κ1) is 20.8. The molecule has 0 saturated heterocycles. The zero-order valence-electron chi connectivity index (χ0n) is 15.4. The molecule has 148 valence electrons. The van der Waals surface area contributed by atoms with E-state index in [4.69, 9.17) is 14.0 Å². The number of amides is 1. The third kappa shape index (κ3) is 5.00. The van der Waals surface area contributed by atoms with Crippen molar-refractivity contribution in [3.05, 3.63) is 40.8 Å². The Hall–Kier alpha value is -2.55. The summed E-state index contributed by atoms with van der Waals surface area (Å²) in [5, 5.41) is 6.32. The summed E-state index contributed by atoms with van der Waals surface area (Å²) in [4.78, 5) is 12.6. The summed E-state index contributed by atoms with van der Waals surface area (Å²) in [6.07, 6.45) is -4.54. The lowest BCUT2D eigenvalue weighted by Crippen LogP contribution is -2.21. The lowest BCUT2D eigenvalue weighted by molar-refractivity contribution is -0.137. The molecule has 0 spiro atoms. The Labute approximate surface area is 154 Å². The second-order valence-corrected chi connectivity index (χ2v) is 6.00. The molecule has 0 aliphatic carbocycles. The van der Waals surface area contributed by atoms with Gasteiger partial charge in [0.1, 0.15) is 18.1 Å². The zero-order valence-corrected chi connectivity index (χ0v) is 15.4. The van der Waals surface area contributed by atoms with Crippen LogP contribution < -0.4 is 10.1 Å². The van der Waals surface area contributed by atoms with Crippen molar-refractivity contribution < 1.29 is 32.0 Å². The van der Waals surface area contributed by atoms with Crippen molar-refractivity contribution in [2.75, 3.05) is 25.6 Å². The summed E-state index contributed by atoms with van der Waals surface area (Å²) in [7, 11) is 1.48. The number of rotatable bonds is 7. The van der Waals surface area contributed by atoms with Crippen molar-refractivity contribution >= 4 is 11.6 Å². The van der Waals surface area contributed by atoms with Crippen LogP contribution in [0.2, 0.25) is 0 Å². The number of hydrogen-bond donors (Lipinski definition) is 1. The van der Waals surface area contributed by atoms with Gasteiger partial charge in [-0.05, 0) is 39.0 Å². The minimum Gasteiger partial charge on any atom is -0.489 e. The third-order valence-corrected chi connectivity index (χ3v) is 4.02. The van der Waals surface area contributed by atoms with E-state index in [1.807, 2.05) is 0 Å². The smallest absolute Gasteiger partial charge is 0.416 e. The lowest BCUT2D eigenvalue weighted by Gasteiger charge is -2.17. The minimum absolute atomic E-state index is 0.0652. The van der Waals surface area contributed by atoms with Crippen molar-refractivity contribution in [3.8, 4) is 5.75 Å². The molecule has 1 unspecified atom stereocenters. The van der Waals surface area contributed by atoms with E-state index >= 15 is 0 Å². The van der Waals surface area contributed by atoms with Crippen LogP contribution in [-0.2, 0) is 15.7 Å². The monoisotopic (exact) mass is 386 g/mol. The van der Waals surface area contributed by atoms with E-state index in [0.717, 1.165) is 12.1 Å². The van der Waals surface area contributed by atoms with E-state index in [1.54, 1.807) is 20.8 Å². The summed E-state index contributed by atoms with van der Waals surface area (Å²) < 4.78 is 54.5. The third-order valence-electron chi connectivity index (χ3n) is 4.02. The Morgan fingerprint density at radius 2 is 2.00 bits per heavy atom. The Kier molecular flexibility index (Phi) is 6.48. The number of alkyl halides is 3. The molecule has 0 saturated carbocycles. The Morgan fingerprint density at radius 1 is 1.30 bits per heavy atom. The van der Waals surface area contributed by atoms with Crippen molar-refractivity contribution in [3.63, 3.8) is 0 Å². The number of benzene rings is 1. The second-order valence-electron chi connectivity index (χ2n) is 6.00. The van der Waals surface area contributed by atoms with Crippen LogP contribution in [0.3, 0.4) is 0 Å². The number of carbonyl (C=O) groups excluding carboxylic acids is 1. The van der Waals surface area contributed by atoms with Gasteiger partial charge in [0, 0.05) is 12.7 Å². The molecule has 2 rings (SSSR count). The first-order valence-electron chi connectivity index (χ1n) is 8.21. The van der Waals surface area contributed by atoms with E-state index in [2.05, 4.69) is 10.5 Å². The standard InChI is InChI=1S/C18H21F3N2O4/c1-10(16-11(2)23-27-12(16)3)17(24)22-14-9-13(18(19,20)21)5-6-15(14)26-8-7-25-4/h5-6,9-10H,7-8H2,1-4H3,(H,22,24). The van der Waals surface area contributed by atoms with Crippen LogP contribution in [0.5, 0.6) is 5.75 Å². The van der Waals surface area contributed by atoms with E-state index in [0.29, 0.717) is 17.0 Å². The molecule has 2 aromatic rings. The molecule has 1 atom stereocenters. The quantitative estimate of drug-likeness (QED) is 0.726. The van der Waals surface area contributed by atoms with Gasteiger partial charge in [-0.15, -0.1) is 0 Å². The Bertz CT molecular complexity index is 783. The highest BCUT2D eigenvalue weighted by Crippen LogP contribution is 2.36. The highest BCUT2D eigenvalue weighted by atomic mass is 19.4. The second kappa shape index (κ2) is 8.43. The number of aryl methyl sites for hydroxylation is 2. The van der Waals surface area contributed by atoms with Gasteiger partial charge in [-0.2, -0.15) is 13.2 Å². The maximum atomic E-state index is 13.0. The number of ether oxygens (including phenoxy) is 2. The number of aromatic nitrogens is 1. The Balaban J connectivity index is 2.29. The Morgan fingerprint density at radius 3 is 2.56 bits per heavy atom. The van der Waals surface area contributed by atoms with E-state index < -0.39 is 23.6 Å². The molecular weight excluding hydrogens is 365 g/mol. The topological polar surface area (TPSA) is 73.6 Å². The van der Waals surface area contributed by atoms with Crippen LogP contribution in [0, 0.1) is 13.8 Å². The van der Waals surface area contributed by atoms with Crippen LogP contribution in [0.25, 0.3) is 0 Å². The fourth-order valence-corrected chi connectivity index (χ4v) is 2.65. The summed E-state index contributed by atoms with van der Waals surface area (Å²) in [5.74, 6) is -0.562. The van der Waals surface area contributed by atoms with Crippen LogP contribution in [0.1, 0.15) is 35.4 Å². The van der Waals surface area contributed by atoms with Gasteiger partial charge >= 0.3 is 6.18 Å². The largest absolute Gasteiger partial charge is 0.489 e.